The summed E-state index contributed by atoms with van der Waals surface area (Å²) in [6, 6.07) is 14.1. The van der Waals surface area contributed by atoms with E-state index in [4.69, 9.17) is 4.74 Å². The van der Waals surface area contributed by atoms with Gasteiger partial charge < -0.3 is 10.1 Å². The molecule has 0 aliphatic rings. The van der Waals surface area contributed by atoms with Gasteiger partial charge in [-0.25, -0.2) is 4.39 Å². The fourth-order valence-electron chi connectivity index (χ4n) is 2.26. The highest BCUT2D eigenvalue weighted by atomic mass is 19.1. The van der Waals surface area contributed by atoms with Crippen molar-refractivity contribution in [2.24, 2.45) is 0 Å². The van der Waals surface area contributed by atoms with Crippen LogP contribution in [0, 0.1) is 5.82 Å². The number of amides is 1. The zero-order chi connectivity index (χ0) is 17.7. The molecular weight excluding hydrogens is 305 g/mol. The first kappa shape index (κ1) is 18.0. The first-order valence-electron chi connectivity index (χ1n) is 8.05. The summed E-state index contributed by atoms with van der Waals surface area (Å²) in [5.41, 5.74) is 1.72. The molecule has 0 unspecified atom stereocenters. The first-order chi connectivity index (χ1) is 11.3. The fraction of sp³-hybridized carbons (Fsp3) is 0.350. The Hall–Kier alpha value is -2.36. The van der Waals surface area contributed by atoms with Crippen LogP contribution in [0.15, 0.2) is 48.5 Å². The molecule has 2 rings (SSSR count). The summed E-state index contributed by atoms with van der Waals surface area (Å²) in [4.78, 5) is 12.1. The Bertz CT molecular complexity index is 690. The lowest BCUT2D eigenvalue weighted by Gasteiger charge is -2.20. The third-order valence-corrected chi connectivity index (χ3v) is 3.81. The molecule has 2 aromatic carbocycles. The molecule has 0 radical (unpaired) electrons. The SMILES string of the molecule is C[C@H](Oc1ccc(C(C)(C)C)cc1)C(=O)NCc1ccccc1F. The van der Waals surface area contributed by atoms with Crippen molar-refractivity contribution in [2.75, 3.05) is 0 Å². The van der Waals surface area contributed by atoms with Gasteiger partial charge in [0.25, 0.3) is 5.91 Å². The average molecular weight is 329 g/mol. The highest BCUT2D eigenvalue weighted by Crippen LogP contribution is 2.24. The predicted octanol–water partition coefficient (Wildman–Crippen LogP) is 4.21. The minimum absolute atomic E-state index is 0.0707. The van der Waals surface area contributed by atoms with Crippen LogP contribution < -0.4 is 10.1 Å². The third-order valence-electron chi connectivity index (χ3n) is 3.81. The second kappa shape index (κ2) is 7.47. The Morgan fingerprint density at radius 2 is 1.75 bits per heavy atom. The summed E-state index contributed by atoms with van der Waals surface area (Å²) in [6.45, 7) is 8.24. The molecule has 0 saturated heterocycles. The zero-order valence-corrected chi connectivity index (χ0v) is 14.6. The van der Waals surface area contributed by atoms with Crippen molar-refractivity contribution in [3.8, 4) is 5.75 Å². The van der Waals surface area contributed by atoms with Crippen LogP contribution in [0.3, 0.4) is 0 Å². The molecule has 1 atom stereocenters. The summed E-state index contributed by atoms with van der Waals surface area (Å²) in [5, 5.41) is 2.69. The van der Waals surface area contributed by atoms with Gasteiger partial charge in [-0.2, -0.15) is 0 Å². The number of hydrogen-bond acceptors (Lipinski definition) is 2. The highest BCUT2D eigenvalue weighted by molar-refractivity contribution is 5.80. The van der Waals surface area contributed by atoms with Crippen LogP contribution in [0.4, 0.5) is 4.39 Å². The van der Waals surface area contributed by atoms with Gasteiger partial charge in [0.05, 0.1) is 0 Å². The molecule has 24 heavy (non-hydrogen) atoms. The van der Waals surface area contributed by atoms with Crippen LogP contribution in [0.2, 0.25) is 0 Å². The second-order valence-corrected chi connectivity index (χ2v) is 6.84. The number of ether oxygens (including phenoxy) is 1. The lowest BCUT2D eigenvalue weighted by Crippen LogP contribution is -2.36. The lowest BCUT2D eigenvalue weighted by molar-refractivity contribution is -0.127. The van der Waals surface area contributed by atoms with E-state index in [1.165, 1.54) is 11.6 Å². The van der Waals surface area contributed by atoms with Crippen molar-refractivity contribution < 1.29 is 13.9 Å². The number of halogens is 1. The number of carbonyl (C=O) groups excluding carboxylic acids is 1. The summed E-state index contributed by atoms with van der Waals surface area (Å²) >= 11 is 0. The topological polar surface area (TPSA) is 38.3 Å². The molecule has 0 spiro atoms. The average Bonchev–Trinajstić information content (AvgIpc) is 2.53. The molecule has 0 bridgehead atoms. The van der Waals surface area contributed by atoms with Gasteiger partial charge in [-0.15, -0.1) is 0 Å². The Labute approximate surface area is 142 Å². The summed E-state index contributed by atoms with van der Waals surface area (Å²) in [6.07, 6.45) is -0.655. The number of rotatable bonds is 5. The normalized spacial score (nSPS) is 12.5. The van der Waals surface area contributed by atoms with Crippen LogP contribution in [0.25, 0.3) is 0 Å². The minimum Gasteiger partial charge on any atom is -0.481 e. The predicted molar refractivity (Wildman–Crippen MR) is 93.5 cm³/mol. The van der Waals surface area contributed by atoms with Gasteiger partial charge in [-0.05, 0) is 36.1 Å². The monoisotopic (exact) mass is 329 g/mol. The standard InChI is InChI=1S/C20H24FNO2/c1-14(19(23)22-13-15-7-5-6-8-18(15)21)24-17-11-9-16(10-12-17)20(2,3)4/h5-12,14H,13H2,1-4H3,(H,22,23)/t14-/m0/s1. The quantitative estimate of drug-likeness (QED) is 0.892. The lowest BCUT2D eigenvalue weighted by atomic mass is 9.87. The van der Waals surface area contributed by atoms with Gasteiger partial charge in [0.15, 0.2) is 6.10 Å². The van der Waals surface area contributed by atoms with E-state index in [2.05, 4.69) is 26.1 Å². The number of benzene rings is 2. The van der Waals surface area contributed by atoms with Crippen molar-refractivity contribution in [2.45, 2.75) is 45.8 Å². The molecule has 3 nitrogen and oxygen atoms in total. The van der Waals surface area contributed by atoms with Gasteiger partial charge in [0.2, 0.25) is 0 Å². The molecule has 0 heterocycles. The molecular formula is C20H24FNO2. The van der Waals surface area contributed by atoms with E-state index in [1.54, 1.807) is 25.1 Å². The molecule has 1 amide bonds. The van der Waals surface area contributed by atoms with Crippen molar-refractivity contribution in [3.63, 3.8) is 0 Å². The minimum atomic E-state index is -0.655. The van der Waals surface area contributed by atoms with Crippen molar-refractivity contribution in [3.05, 3.63) is 65.5 Å². The molecule has 4 heteroatoms. The zero-order valence-electron chi connectivity index (χ0n) is 14.6. The maximum Gasteiger partial charge on any atom is 0.261 e. The van der Waals surface area contributed by atoms with E-state index < -0.39 is 6.10 Å². The first-order valence-corrected chi connectivity index (χ1v) is 8.05. The molecule has 0 aliphatic heterocycles. The second-order valence-electron chi connectivity index (χ2n) is 6.84. The van der Waals surface area contributed by atoms with Gasteiger partial charge in [0.1, 0.15) is 11.6 Å². The molecule has 0 fully saturated rings. The summed E-state index contributed by atoms with van der Waals surface area (Å²) in [7, 11) is 0. The van der Waals surface area contributed by atoms with Crippen LogP contribution in [0.1, 0.15) is 38.8 Å². The number of hydrogen-bond donors (Lipinski definition) is 1. The van der Waals surface area contributed by atoms with Crippen LogP contribution in [-0.2, 0) is 16.8 Å². The Morgan fingerprint density at radius 3 is 2.33 bits per heavy atom. The van der Waals surface area contributed by atoms with E-state index in [9.17, 15) is 9.18 Å². The molecule has 1 N–H and O–H groups in total. The Balaban J connectivity index is 1.91. The van der Waals surface area contributed by atoms with Gasteiger partial charge >= 0.3 is 0 Å². The largest absolute Gasteiger partial charge is 0.481 e. The van der Waals surface area contributed by atoms with E-state index in [0.717, 1.165) is 0 Å². The van der Waals surface area contributed by atoms with E-state index in [0.29, 0.717) is 11.3 Å². The third kappa shape index (κ3) is 4.82. The van der Waals surface area contributed by atoms with E-state index in [1.807, 2.05) is 24.3 Å². The van der Waals surface area contributed by atoms with Crippen molar-refractivity contribution >= 4 is 5.91 Å². The molecule has 128 valence electrons. The highest BCUT2D eigenvalue weighted by Gasteiger charge is 2.16. The number of carbonyl (C=O) groups is 1. The molecule has 0 saturated carbocycles. The van der Waals surface area contributed by atoms with Gasteiger partial charge in [-0.1, -0.05) is 51.1 Å². The van der Waals surface area contributed by atoms with E-state index >= 15 is 0 Å². The van der Waals surface area contributed by atoms with Crippen molar-refractivity contribution in [1.29, 1.82) is 0 Å². The number of nitrogens with one attached hydrogen (secondary N) is 1. The summed E-state index contributed by atoms with van der Waals surface area (Å²) < 4.78 is 19.2. The maximum absolute atomic E-state index is 13.5. The fourth-order valence-corrected chi connectivity index (χ4v) is 2.26. The summed E-state index contributed by atoms with van der Waals surface area (Å²) in [5.74, 6) is 0.0267. The Kier molecular flexibility index (Phi) is 5.60. The van der Waals surface area contributed by atoms with Crippen LogP contribution >= 0.6 is 0 Å². The smallest absolute Gasteiger partial charge is 0.261 e. The Morgan fingerprint density at radius 1 is 1.12 bits per heavy atom. The van der Waals surface area contributed by atoms with Crippen LogP contribution in [0.5, 0.6) is 5.75 Å². The van der Waals surface area contributed by atoms with Crippen LogP contribution in [-0.4, -0.2) is 12.0 Å². The van der Waals surface area contributed by atoms with Gasteiger partial charge in [-0.3, -0.25) is 4.79 Å². The van der Waals surface area contributed by atoms with Gasteiger partial charge in [0, 0.05) is 12.1 Å². The molecule has 2 aromatic rings. The van der Waals surface area contributed by atoms with Crippen molar-refractivity contribution in [1.82, 2.24) is 5.32 Å². The maximum atomic E-state index is 13.5. The molecule has 0 aromatic heterocycles. The molecule has 0 aliphatic carbocycles. The van der Waals surface area contributed by atoms with E-state index in [-0.39, 0.29) is 23.7 Å².